The van der Waals surface area contributed by atoms with Crippen LogP contribution in [0, 0.1) is 12.7 Å². The third-order valence-corrected chi connectivity index (χ3v) is 3.30. The van der Waals surface area contributed by atoms with Crippen LogP contribution in [0.15, 0.2) is 41.2 Å². The van der Waals surface area contributed by atoms with Crippen LogP contribution in [-0.4, -0.2) is 26.2 Å². The third kappa shape index (κ3) is 3.22. The largest absolute Gasteiger partial charge is 0.478 e. The molecule has 0 saturated carbocycles. The van der Waals surface area contributed by atoms with Gasteiger partial charge in [-0.05, 0) is 25.1 Å². The molecule has 8 heteroatoms. The number of hydrogen-bond acceptors (Lipinski definition) is 6. The molecule has 0 aliphatic carbocycles. The number of hydrogen-bond donors (Lipinski definition) is 1. The Morgan fingerprint density at radius 2 is 2.08 bits per heavy atom. The van der Waals surface area contributed by atoms with Crippen LogP contribution in [0.3, 0.4) is 0 Å². The lowest BCUT2D eigenvalue weighted by Crippen LogP contribution is -2.02. The van der Waals surface area contributed by atoms with Crippen LogP contribution in [0.2, 0.25) is 0 Å². The van der Waals surface area contributed by atoms with E-state index in [2.05, 4.69) is 15.1 Å². The standard InChI is InChI=1S/C16H12FN3O4/c1-9-12(8-23-14-5-2-10(6-19-14)16(21)22)15(20-24-9)13-4-3-11(17)7-18-13/h2-7H,8H2,1H3,(H,21,22). The van der Waals surface area contributed by atoms with E-state index >= 15 is 0 Å². The summed E-state index contributed by atoms with van der Waals surface area (Å²) in [5.41, 5.74) is 1.63. The van der Waals surface area contributed by atoms with E-state index in [0.29, 0.717) is 22.7 Å². The zero-order chi connectivity index (χ0) is 17.1. The Labute approximate surface area is 135 Å². The smallest absolute Gasteiger partial charge is 0.337 e. The summed E-state index contributed by atoms with van der Waals surface area (Å²) in [4.78, 5) is 18.7. The van der Waals surface area contributed by atoms with Gasteiger partial charge in [-0.2, -0.15) is 0 Å². The maximum Gasteiger partial charge on any atom is 0.337 e. The molecule has 122 valence electrons. The monoisotopic (exact) mass is 329 g/mol. The molecule has 0 aliphatic heterocycles. The van der Waals surface area contributed by atoms with Gasteiger partial charge in [0.15, 0.2) is 0 Å². The summed E-state index contributed by atoms with van der Waals surface area (Å²) in [6.45, 7) is 1.82. The third-order valence-electron chi connectivity index (χ3n) is 3.30. The number of aromatic nitrogens is 3. The van der Waals surface area contributed by atoms with E-state index in [1.54, 1.807) is 6.92 Å². The summed E-state index contributed by atoms with van der Waals surface area (Å²) < 4.78 is 23.7. The van der Waals surface area contributed by atoms with Crippen molar-refractivity contribution < 1.29 is 23.6 Å². The van der Waals surface area contributed by atoms with Crippen molar-refractivity contribution in [2.24, 2.45) is 0 Å². The molecular formula is C16H12FN3O4. The van der Waals surface area contributed by atoms with Crippen LogP contribution in [-0.2, 0) is 6.61 Å². The molecule has 7 nitrogen and oxygen atoms in total. The molecule has 3 aromatic rings. The molecule has 0 fully saturated rings. The molecule has 0 aliphatic rings. The van der Waals surface area contributed by atoms with Gasteiger partial charge in [-0.15, -0.1) is 0 Å². The maximum absolute atomic E-state index is 13.0. The molecule has 0 unspecified atom stereocenters. The molecule has 3 aromatic heterocycles. The first-order valence-corrected chi connectivity index (χ1v) is 6.94. The highest BCUT2D eigenvalue weighted by Crippen LogP contribution is 2.25. The quantitative estimate of drug-likeness (QED) is 0.768. The van der Waals surface area contributed by atoms with E-state index in [0.717, 1.165) is 6.20 Å². The van der Waals surface area contributed by atoms with Gasteiger partial charge in [0.2, 0.25) is 5.88 Å². The normalized spacial score (nSPS) is 10.6. The number of aromatic carboxylic acids is 1. The summed E-state index contributed by atoms with van der Waals surface area (Å²) >= 11 is 0. The highest BCUT2D eigenvalue weighted by atomic mass is 19.1. The Balaban J connectivity index is 1.79. The van der Waals surface area contributed by atoms with Gasteiger partial charge in [0, 0.05) is 12.3 Å². The van der Waals surface area contributed by atoms with E-state index < -0.39 is 11.8 Å². The van der Waals surface area contributed by atoms with Crippen LogP contribution >= 0.6 is 0 Å². The zero-order valence-electron chi connectivity index (χ0n) is 12.6. The van der Waals surface area contributed by atoms with Crippen molar-refractivity contribution in [3.8, 4) is 17.3 Å². The molecule has 0 aromatic carbocycles. The lowest BCUT2D eigenvalue weighted by atomic mass is 10.1. The predicted molar refractivity (Wildman–Crippen MR) is 80.0 cm³/mol. The fraction of sp³-hybridized carbons (Fsp3) is 0.125. The Morgan fingerprint density at radius 1 is 1.25 bits per heavy atom. The number of rotatable bonds is 5. The molecule has 0 amide bonds. The number of aryl methyl sites for hydroxylation is 1. The second-order valence-corrected chi connectivity index (χ2v) is 4.91. The SMILES string of the molecule is Cc1onc(-c2ccc(F)cn2)c1COc1ccc(C(=O)O)cn1. The van der Waals surface area contributed by atoms with Gasteiger partial charge in [0.1, 0.15) is 23.9 Å². The summed E-state index contributed by atoms with van der Waals surface area (Å²) in [6, 6.07) is 5.63. The number of nitrogens with zero attached hydrogens (tertiary/aromatic N) is 3. The first-order chi connectivity index (χ1) is 11.5. The van der Waals surface area contributed by atoms with Crippen molar-refractivity contribution in [1.82, 2.24) is 15.1 Å². The van der Waals surface area contributed by atoms with Gasteiger partial charge < -0.3 is 14.4 Å². The molecule has 0 spiro atoms. The minimum atomic E-state index is -1.06. The fourth-order valence-corrected chi connectivity index (χ4v) is 2.02. The summed E-state index contributed by atoms with van der Waals surface area (Å²) in [6.07, 6.45) is 2.30. The van der Waals surface area contributed by atoms with Gasteiger partial charge in [0.05, 0.1) is 23.0 Å². The van der Waals surface area contributed by atoms with Gasteiger partial charge >= 0.3 is 5.97 Å². The van der Waals surface area contributed by atoms with E-state index in [1.807, 2.05) is 0 Å². The first-order valence-electron chi connectivity index (χ1n) is 6.94. The Hall–Kier alpha value is -3.29. The Bertz CT molecular complexity index is 860. The van der Waals surface area contributed by atoms with Crippen molar-refractivity contribution in [1.29, 1.82) is 0 Å². The maximum atomic E-state index is 13.0. The molecule has 3 heterocycles. The summed E-state index contributed by atoms with van der Waals surface area (Å²) in [5.74, 6) is -0.704. The molecule has 24 heavy (non-hydrogen) atoms. The van der Waals surface area contributed by atoms with Gasteiger partial charge in [-0.3, -0.25) is 4.98 Å². The molecular weight excluding hydrogens is 317 g/mol. The average Bonchev–Trinajstić information content (AvgIpc) is 2.95. The van der Waals surface area contributed by atoms with Gasteiger partial charge in [0.25, 0.3) is 0 Å². The molecule has 0 radical (unpaired) electrons. The van der Waals surface area contributed by atoms with E-state index in [9.17, 15) is 9.18 Å². The highest BCUT2D eigenvalue weighted by molar-refractivity contribution is 5.87. The Morgan fingerprint density at radius 3 is 2.71 bits per heavy atom. The van der Waals surface area contributed by atoms with Gasteiger partial charge in [-0.1, -0.05) is 5.16 Å². The average molecular weight is 329 g/mol. The molecule has 0 saturated heterocycles. The van der Waals surface area contributed by atoms with Crippen molar-refractivity contribution in [2.45, 2.75) is 13.5 Å². The van der Waals surface area contributed by atoms with Gasteiger partial charge in [-0.25, -0.2) is 14.2 Å². The van der Waals surface area contributed by atoms with Crippen molar-refractivity contribution >= 4 is 5.97 Å². The number of pyridine rings is 2. The number of halogens is 1. The minimum absolute atomic E-state index is 0.0692. The molecule has 3 rings (SSSR count). The fourth-order valence-electron chi connectivity index (χ4n) is 2.02. The lowest BCUT2D eigenvalue weighted by Gasteiger charge is -2.06. The molecule has 0 atom stereocenters. The number of carboxylic acid groups (broad SMARTS) is 1. The number of ether oxygens (including phenoxy) is 1. The zero-order valence-corrected chi connectivity index (χ0v) is 12.6. The topological polar surface area (TPSA) is 98.3 Å². The van der Waals surface area contributed by atoms with Crippen LogP contribution in [0.25, 0.3) is 11.4 Å². The highest BCUT2D eigenvalue weighted by Gasteiger charge is 2.17. The number of carbonyl (C=O) groups is 1. The molecule has 0 bridgehead atoms. The summed E-state index contributed by atoms with van der Waals surface area (Å²) in [5, 5.41) is 12.8. The van der Waals surface area contributed by atoms with Crippen LogP contribution in [0.5, 0.6) is 5.88 Å². The van der Waals surface area contributed by atoms with Crippen molar-refractivity contribution in [3.63, 3.8) is 0 Å². The van der Waals surface area contributed by atoms with Crippen molar-refractivity contribution in [3.05, 3.63) is 59.4 Å². The van der Waals surface area contributed by atoms with Crippen LogP contribution < -0.4 is 4.74 Å². The lowest BCUT2D eigenvalue weighted by molar-refractivity contribution is 0.0696. The van der Waals surface area contributed by atoms with Crippen LogP contribution in [0.1, 0.15) is 21.7 Å². The first kappa shape index (κ1) is 15.6. The predicted octanol–water partition coefficient (Wildman–Crippen LogP) is 2.86. The second-order valence-electron chi connectivity index (χ2n) is 4.91. The number of carboxylic acids is 1. The van der Waals surface area contributed by atoms with E-state index in [4.69, 9.17) is 14.4 Å². The Kier molecular flexibility index (Phi) is 4.19. The van der Waals surface area contributed by atoms with E-state index in [1.165, 1.54) is 30.5 Å². The van der Waals surface area contributed by atoms with Crippen molar-refractivity contribution in [2.75, 3.05) is 0 Å². The second kappa shape index (κ2) is 6.45. The van der Waals surface area contributed by atoms with E-state index in [-0.39, 0.29) is 18.1 Å². The summed E-state index contributed by atoms with van der Waals surface area (Å²) in [7, 11) is 0. The molecule has 1 N–H and O–H groups in total. The minimum Gasteiger partial charge on any atom is -0.478 e. The van der Waals surface area contributed by atoms with Crippen LogP contribution in [0.4, 0.5) is 4.39 Å².